The standard InChI is InChI=1S/C11H17N/c1-9(2)6-7-10-4-3-5-11(12)8-10/h3-5,8-9H,6-7,12H2,1-2H3. The summed E-state index contributed by atoms with van der Waals surface area (Å²) in [7, 11) is 0. The molecule has 0 atom stereocenters. The van der Waals surface area contributed by atoms with Crippen molar-refractivity contribution < 1.29 is 0 Å². The maximum atomic E-state index is 5.66. The van der Waals surface area contributed by atoms with Gasteiger partial charge in [-0.2, -0.15) is 0 Å². The van der Waals surface area contributed by atoms with E-state index in [1.807, 2.05) is 12.1 Å². The van der Waals surface area contributed by atoms with Crippen molar-refractivity contribution in [1.29, 1.82) is 0 Å². The predicted molar refractivity (Wildman–Crippen MR) is 54.0 cm³/mol. The zero-order valence-electron chi connectivity index (χ0n) is 7.88. The molecule has 1 heteroatoms. The molecule has 1 nitrogen and oxygen atoms in total. The van der Waals surface area contributed by atoms with Crippen LogP contribution < -0.4 is 5.73 Å². The molecule has 0 aliphatic carbocycles. The van der Waals surface area contributed by atoms with Crippen LogP contribution in [0.15, 0.2) is 24.3 Å². The van der Waals surface area contributed by atoms with E-state index in [9.17, 15) is 0 Å². The maximum absolute atomic E-state index is 5.66. The molecule has 0 spiro atoms. The highest BCUT2D eigenvalue weighted by Gasteiger charge is 1.96. The first-order chi connectivity index (χ1) is 5.68. The minimum Gasteiger partial charge on any atom is -0.399 e. The van der Waals surface area contributed by atoms with Gasteiger partial charge in [-0.05, 0) is 36.5 Å². The predicted octanol–water partition coefficient (Wildman–Crippen LogP) is 2.86. The summed E-state index contributed by atoms with van der Waals surface area (Å²) in [6.45, 7) is 4.48. The molecule has 0 aromatic heterocycles. The van der Waals surface area contributed by atoms with Gasteiger partial charge in [0.1, 0.15) is 0 Å². The Balaban J connectivity index is 2.52. The van der Waals surface area contributed by atoms with Crippen molar-refractivity contribution in [3.8, 4) is 0 Å². The number of hydrogen-bond acceptors (Lipinski definition) is 1. The van der Waals surface area contributed by atoms with Crippen molar-refractivity contribution in [3.05, 3.63) is 29.8 Å². The second kappa shape index (κ2) is 4.15. The highest BCUT2D eigenvalue weighted by molar-refractivity contribution is 5.40. The molecule has 0 radical (unpaired) electrons. The largest absolute Gasteiger partial charge is 0.399 e. The zero-order valence-corrected chi connectivity index (χ0v) is 7.88. The van der Waals surface area contributed by atoms with Crippen LogP contribution in [0.5, 0.6) is 0 Å². The molecule has 0 saturated heterocycles. The summed E-state index contributed by atoms with van der Waals surface area (Å²) in [5, 5.41) is 0. The number of hydrogen-bond donors (Lipinski definition) is 1. The number of aryl methyl sites for hydroxylation is 1. The van der Waals surface area contributed by atoms with Gasteiger partial charge in [0, 0.05) is 5.69 Å². The van der Waals surface area contributed by atoms with Gasteiger partial charge >= 0.3 is 0 Å². The second-order valence-electron chi connectivity index (χ2n) is 3.68. The maximum Gasteiger partial charge on any atom is 0.0316 e. The number of benzene rings is 1. The molecular formula is C11H17N. The molecule has 2 N–H and O–H groups in total. The highest BCUT2D eigenvalue weighted by atomic mass is 14.5. The molecule has 66 valence electrons. The fourth-order valence-electron chi connectivity index (χ4n) is 1.20. The van der Waals surface area contributed by atoms with Gasteiger partial charge in [0.05, 0.1) is 0 Å². The van der Waals surface area contributed by atoms with Gasteiger partial charge in [0.15, 0.2) is 0 Å². The fraction of sp³-hybridized carbons (Fsp3) is 0.455. The molecule has 0 aliphatic rings. The van der Waals surface area contributed by atoms with E-state index in [1.54, 1.807) is 0 Å². The van der Waals surface area contributed by atoms with E-state index in [0.29, 0.717) is 0 Å². The van der Waals surface area contributed by atoms with Crippen LogP contribution in [-0.2, 0) is 6.42 Å². The quantitative estimate of drug-likeness (QED) is 0.681. The van der Waals surface area contributed by atoms with Crippen molar-refractivity contribution in [1.82, 2.24) is 0 Å². The molecule has 12 heavy (non-hydrogen) atoms. The van der Waals surface area contributed by atoms with Crippen molar-refractivity contribution >= 4 is 5.69 Å². The Bertz CT molecular complexity index is 241. The SMILES string of the molecule is CC(C)CCc1cccc(N)c1. The summed E-state index contributed by atoms with van der Waals surface area (Å²) >= 11 is 0. The molecule has 1 rings (SSSR count). The summed E-state index contributed by atoms with van der Waals surface area (Å²) in [5.41, 5.74) is 7.89. The molecule has 0 saturated carbocycles. The topological polar surface area (TPSA) is 26.0 Å². The first-order valence-electron chi connectivity index (χ1n) is 4.53. The molecule has 0 heterocycles. The number of nitrogen functional groups attached to an aromatic ring is 1. The van der Waals surface area contributed by atoms with Crippen molar-refractivity contribution in [3.63, 3.8) is 0 Å². The van der Waals surface area contributed by atoms with Gasteiger partial charge in [-0.1, -0.05) is 26.0 Å². The first kappa shape index (κ1) is 9.11. The normalized spacial score (nSPS) is 10.6. The van der Waals surface area contributed by atoms with Crippen LogP contribution in [0, 0.1) is 5.92 Å². The third-order valence-electron chi connectivity index (χ3n) is 1.96. The lowest BCUT2D eigenvalue weighted by atomic mass is 10.0. The zero-order chi connectivity index (χ0) is 8.97. The van der Waals surface area contributed by atoms with E-state index in [4.69, 9.17) is 5.73 Å². The van der Waals surface area contributed by atoms with E-state index in [-0.39, 0.29) is 0 Å². The lowest BCUT2D eigenvalue weighted by molar-refractivity contribution is 0.587. The second-order valence-corrected chi connectivity index (χ2v) is 3.68. The van der Waals surface area contributed by atoms with Crippen LogP contribution in [0.2, 0.25) is 0 Å². The van der Waals surface area contributed by atoms with Crippen molar-refractivity contribution in [2.24, 2.45) is 5.92 Å². The Labute approximate surface area is 74.6 Å². The Morgan fingerprint density at radius 3 is 2.67 bits per heavy atom. The average Bonchev–Trinajstić information content (AvgIpc) is 2.01. The summed E-state index contributed by atoms with van der Waals surface area (Å²) < 4.78 is 0. The van der Waals surface area contributed by atoms with Crippen LogP contribution in [0.1, 0.15) is 25.8 Å². The van der Waals surface area contributed by atoms with Gasteiger partial charge in [-0.3, -0.25) is 0 Å². The minimum atomic E-state index is 0.770. The van der Waals surface area contributed by atoms with Gasteiger partial charge < -0.3 is 5.73 Å². The first-order valence-corrected chi connectivity index (χ1v) is 4.53. The Kier molecular flexibility index (Phi) is 3.15. The Morgan fingerprint density at radius 1 is 1.33 bits per heavy atom. The van der Waals surface area contributed by atoms with Crippen molar-refractivity contribution in [2.75, 3.05) is 5.73 Å². The van der Waals surface area contributed by atoms with E-state index < -0.39 is 0 Å². The van der Waals surface area contributed by atoms with E-state index in [2.05, 4.69) is 26.0 Å². The number of nitrogens with two attached hydrogens (primary N) is 1. The third-order valence-corrected chi connectivity index (χ3v) is 1.96. The lowest BCUT2D eigenvalue weighted by Crippen LogP contribution is -1.93. The van der Waals surface area contributed by atoms with Crippen molar-refractivity contribution in [2.45, 2.75) is 26.7 Å². The Morgan fingerprint density at radius 2 is 2.08 bits per heavy atom. The monoisotopic (exact) mass is 163 g/mol. The number of anilines is 1. The van der Waals surface area contributed by atoms with Gasteiger partial charge in [-0.25, -0.2) is 0 Å². The van der Waals surface area contributed by atoms with E-state index >= 15 is 0 Å². The number of rotatable bonds is 3. The van der Waals surface area contributed by atoms with Gasteiger partial charge in [0.2, 0.25) is 0 Å². The van der Waals surface area contributed by atoms with Crippen LogP contribution >= 0.6 is 0 Å². The third kappa shape index (κ3) is 2.95. The van der Waals surface area contributed by atoms with Gasteiger partial charge in [-0.15, -0.1) is 0 Å². The summed E-state index contributed by atoms with van der Waals surface area (Å²) in [6, 6.07) is 8.14. The summed E-state index contributed by atoms with van der Waals surface area (Å²) in [4.78, 5) is 0. The molecule has 0 aliphatic heterocycles. The lowest BCUT2D eigenvalue weighted by Gasteiger charge is -2.04. The van der Waals surface area contributed by atoms with E-state index in [1.165, 1.54) is 12.0 Å². The van der Waals surface area contributed by atoms with Gasteiger partial charge in [0.25, 0.3) is 0 Å². The smallest absolute Gasteiger partial charge is 0.0316 e. The summed E-state index contributed by atoms with van der Waals surface area (Å²) in [5.74, 6) is 0.770. The van der Waals surface area contributed by atoms with Crippen LogP contribution in [0.25, 0.3) is 0 Å². The fourth-order valence-corrected chi connectivity index (χ4v) is 1.20. The van der Waals surface area contributed by atoms with Crippen LogP contribution in [0.4, 0.5) is 5.69 Å². The Hall–Kier alpha value is -0.980. The summed E-state index contributed by atoms with van der Waals surface area (Å²) in [6.07, 6.45) is 2.38. The molecule has 1 aromatic carbocycles. The van der Waals surface area contributed by atoms with Crippen LogP contribution in [0.3, 0.4) is 0 Å². The molecule has 1 aromatic rings. The molecular weight excluding hydrogens is 146 g/mol. The van der Waals surface area contributed by atoms with E-state index in [0.717, 1.165) is 18.0 Å². The highest BCUT2D eigenvalue weighted by Crippen LogP contribution is 2.11. The molecule has 0 unspecified atom stereocenters. The molecule has 0 fully saturated rings. The molecule has 0 bridgehead atoms. The average molecular weight is 163 g/mol. The molecule has 0 amide bonds. The van der Waals surface area contributed by atoms with Crippen LogP contribution in [-0.4, -0.2) is 0 Å². The minimum absolute atomic E-state index is 0.770.